The molecule has 6 heteroatoms. The Hall–Kier alpha value is -2.08. The maximum Gasteiger partial charge on any atom is 0.308 e. The van der Waals surface area contributed by atoms with Crippen molar-refractivity contribution in [2.75, 3.05) is 40.4 Å². The number of carbonyl (C=O) groups excluding carboxylic acids is 2. The van der Waals surface area contributed by atoms with Gasteiger partial charge in [0.15, 0.2) is 0 Å². The normalized spacial score (nSPS) is 21.6. The second kappa shape index (κ2) is 8.54. The van der Waals surface area contributed by atoms with Crippen molar-refractivity contribution in [1.82, 2.24) is 9.80 Å². The molecule has 2 aliphatic rings. The van der Waals surface area contributed by atoms with E-state index >= 15 is 0 Å². The molecule has 1 atom stereocenters. The number of rotatable bonds is 5. The molecular weight excluding hydrogens is 332 g/mol. The average molecular weight is 360 g/mol. The van der Waals surface area contributed by atoms with Gasteiger partial charge >= 0.3 is 5.97 Å². The molecule has 0 spiro atoms. The Morgan fingerprint density at radius 1 is 1.12 bits per heavy atom. The molecule has 3 rings (SSSR count). The van der Waals surface area contributed by atoms with E-state index in [2.05, 4.69) is 17.0 Å². The minimum Gasteiger partial charge on any atom is -0.497 e. The van der Waals surface area contributed by atoms with Gasteiger partial charge in [0.1, 0.15) is 5.75 Å². The molecule has 1 aromatic carbocycles. The van der Waals surface area contributed by atoms with Gasteiger partial charge in [-0.3, -0.25) is 14.5 Å². The lowest BCUT2D eigenvalue weighted by Crippen LogP contribution is -2.45. The topological polar surface area (TPSA) is 59.1 Å². The van der Waals surface area contributed by atoms with Gasteiger partial charge in [0.25, 0.3) is 0 Å². The summed E-state index contributed by atoms with van der Waals surface area (Å²) in [4.78, 5) is 28.5. The van der Waals surface area contributed by atoms with E-state index in [4.69, 9.17) is 9.47 Å². The van der Waals surface area contributed by atoms with Crippen LogP contribution in [-0.4, -0.2) is 62.1 Å². The zero-order chi connectivity index (χ0) is 18.5. The van der Waals surface area contributed by atoms with Gasteiger partial charge in [-0.05, 0) is 49.9 Å². The number of methoxy groups -OCH3 is 2. The third kappa shape index (κ3) is 4.18. The average Bonchev–Trinajstić information content (AvgIpc) is 3.15. The third-order valence-corrected chi connectivity index (χ3v) is 5.56. The number of benzene rings is 1. The van der Waals surface area contributed by atoms with E-state index in [-0.39, 0.29) is 23.8 Å². The van der Waals surface area contributed by atoms with Crippen LogP contribution in [0.4, 0.5) is 0 Å². The van der Waals surface area contributed by atoms with Gasteiger partial charge in [-0.15, -0.1) is 0 Å². The molecule has 2 heterocycles. The van der Waals surface area contributed by atoms with Crippen molar-refractivity contribution in [2.24, 2.45) is 5.92 Å². The van der Waals surface area contributed by atoms with Crippen molar-refractivity contribution >= 4 is 11.9 Å². The molecule has 0 bridgehead atoms. The van der Waals surface area contributed by atoms with Crippen LogP contribution in [0, 0.1) is 5.92 Å². The predicted octanol–water partition coefficient (Wildman–Crippen LogP) is 2.24. The van der Waals surface area contributed by atoms with Crippen molar-refractivity contribution in [3.05, 3.63) is 29.8 Å². The maximum atomic E-state index is 12.7. The number of piperidine rings is 1. The summed E-state index contributed by atoms with van der Waals surface area (Å²) in [5, 5.41) is 0. The van der Waals surface area contributed by atoms with Gasteiger partial charge < -0.3 is 14.4 Å². The standard InChI is InChI=1S/C20H28N2O4/c1-25-17-6-3-5-16(13-17)18-7-4-10-22(18)14-19(23)21-11-8-15(9-12-21)20(24)26-2/h3,5-6,13,15,18H,4,7-12,14H2,1-2H3/t18-/m1/s1. The number of nitrogens with zero attached hydrogens (tertiary/aromatic N) is 2. The molecule has 0 unspecified atom stereocenters. The third-order valence-electron chi connectivity index (χ3n) is 5.56. The summed E-state index contributed by atoms with van der Waals surface area (Å²) >= 11 is 0. The largest absolute Gasteiger partial charge is 0.497 e. The van der Waals surface area contributed by atoms with Crippen LogP contribution in [0.15, 0.2) is 24.3 Å². The SMILES string of the molecule is COC(=O)C1CCN(C(=O)CN2CCC[C@@H]2c2cccc(OC)c2)CC1. The smallest absolute Gasteiger partial charge is 0.308 e. The molecule has 0 aromatic heterocycles. The highest BCUT2D eigenvalue weighted by molar-refractivity contribution is 5.79. The fraction of sp³-hybridized carbons (Fsp3) is 0.600. The monoisotopic (exact) mass is 360 g/mol. The van der Waals surface area contributed by atoms with Crippen molar-refractivity contribution in [3.63, 3.8) is 0 Å². The second-order valence-electron chi connectivity index (χ2n) is 7.08. The van der Waals surface area contributed by atoms with E-state index in [0.29, 0.717) is 32.5 Å². The molecule has 2 saturated heterocycles. The van der Waals surface area contributed by atoms with Crippen LogP contribution >= 0.6 is 0 Å². The van der Waals surface area contributed by atoms with Crippen LogP contribution in [0.3, 0.4) is 0 Å². The summed E-state index contributed by atoms with van der Waals surface area (Å²) in [5.41, 5.74) is 1.21. The van der Waals surface area contributed by atoms with Gasteiger partial charge in [0.05, 0.1) is 26.7 Å². The van der Waals surface area contributed by atoms with Crippen LogP contribution in [0.5, 0.6) is 5.75 Å². The lowest BCUT2D eigenvalue weighted by atomic mass is 9.97. The number of esters is 1. The van der Waals surface area contributed by atoms with E-state index in [1.54, 1.807) is 7.11 Å². The molecule has 0 aliphatic carbocycles. The van der Waals surface area contributed by atoms with E-state index in [1.807, 2.05) is 17.0 Å². The second-order valence-corrected chi connectivity index (χ2v) is 7.08. The first-order valence-corrected chi connectivity index (χ1v) is 9.36. The fourth-order valence-electron chi connectivity index (χ4n) is 4.05. The lowest BCUT2D eigenvalue weighted by Gasteiger charge is -2.33. The molecule has 2 fully saturated rings. The van der Waals surface area contributed by atoms with Crippen LogP contribution in [0.2, 0.25) is 0 Å². The number of ether oxygens (including phenoxy) is 2. The van der Waals surface area contributed by atoms with E-state index in [0.717, 1.165) is 25.1 Å². The number of amides is 1. The highest BCUT2D eigenvalue weighted by Crippen LogP contribution is 2.33. The summed E-state index contributed by atoms with van der Waals surface area (Å²) in [6.07, 6.45) is 3.54. The zero-order valence-electron chi connectivity index (χ0n) is 15.6. The first-order valence-electron chi connectivity index (χ1n) is 9.36. The van der Waals surface area contributed by atoms with Crippen molar-refractivity contribution < 1.29 is 19.1 Å². The summed E-state index contributed by atoms with van der Waals surface area (Å²) in [5.74, 6) is 0.781. The molecule has 26 heavy (non-hydrogen) atoms. The highest BCUT2D eigenvalue weighted by Gasteiger charge is 2.32. The zero-order valence-corrected chi connectivity index (χ0v) is 15.6. The number of hydrogen-bond donors (Lipinski definition) is 0. The molecule has 142 valence electrons. The molecule has 0 saturated carbocycles. The summed E-state index contributed by atoms with van der Waals surface area (Å²) in [6, 6.07) is 8.39. The first-order chi connectivity index (χ1) is 12.6. The summed E-state index contributed by atoms with van der Waals surface area (Å²) in [6.45, 7) is 2.64. The number of carbonyl (C=O) groups is 2. The van der Waals surface area contributed by atoms with E-state index in [9.17, 15) is 9.59 Å². The quantitative estimate of drug-likeness (QED) is 0.754. The maximum absolute atomic E-state index is 12.7. The minimum absolute atomic E-state index is 0.0691. The molecule has 1 amide bonds. The molecule has 0 N–H and O–H groups in total. The minimum atomic E-state index is -0.158. The molecule has 1 aromatic rings. The Morgan fingerprint density at radius 2 is 1.88 bits per heavy atom. The van der Waals surface area contributed by atoms with Gasteiger partial charge in [-0.1, -0.05) is 12.1 Å². The fourth-order valence-corrected chi connectivity index (χ4v) is 4.05. The summed E-state index contributed by atoms with van der Waals surface area (Å²) in [7, 11) is 3.10. The number of likely N-dealkylation sites (tertiary alicyclic amines) is 2. The predicted molar refractivity (Wildman–Crippen MR) is 97.9 cm³/mol. The van der Waals surface area contributed by atoms with Crippen molar-refractivity contribution in [1.29, 1.82) is 0 Å². The van der Waals surface area contributed by atoms with Gasteiger partial charge in [0.2, 0.25) is 5.91 Å². The Labute approximate surface area is 155 Å². The van der Waals surface area contributed by atoms with Crippen LogP contribution < -0.4 is 4.74 Å². The Kier molecular flexibility index (Phi) is 6.14. The first kappa shape index (κ1) is 18.7. The van der Waals surface area contributed by atoms with E-state index in [1.165, 1.54) is 12.7 Å². The number of hydrogen-bond acceptors (Lipinski definition) is 5. The van der Waals surface area contributed by atoms with Gasteiger partial charge in [-0.2, -0.15) is 0 Å². The van der Waals surface area contributed by atoms with Crippen LogP contribution in [-0.2, 0) is 14.3 Å². The highest BCUT2D eigenvalue weighted by atomic mass is 16.5. The molecule has 6 nitrogen and oxygen atoms in total. The molecule has 0 radical (unpaired) electrons. The van der Waals surface area contributed by atoms with Crippen LogP contribution in [0.25, 0.3) is 0 Å². The molecular formula is C20H28N2O4. The Bertz CT molecular complexity index is 640. The lowest BCUT2D eigenvalue weighted by molar-refractivity contribution is -0.149. The Balaban J connectivity index is 1.57. The summed E-state index contributed by atoms with van der Waals surface area (Å²) < 4.78 is 10.1. The van der Waals surface area contributed by atoms with Gasteiger partial charge in [-0.25, -0.2) is 0 Å². The van der Waals surface area contributed by atoms with Crippen LogP contribution in [0.1, 0.15) is 37.3 Å². The Morgan fingerprint density at radius 3 is 2.58 bits per heavy atom. The van der Waals surface area contributed by atoms with Crippen molar-refractivity contribution in [3.8, 4) is 5.75 Å². The van der Waals surface area contributed by atoms with Crippen molar-refractivity contribution in [2.45, 2.75) is 31.7 Å². The van der Waals surface area contributed by atoms with Gasteiger partial charge in [0, 0.05) is 19.1 Å². The van der Waals surface area contributed by atoms with E-state index < -0.39 is 0 Å². The molecule has 2 aliphatic heterocycles.